The summed E-state index contributed by atoms with van der Waals surface area (Å²) in [5, 5.41) is 64.4. The second kappa shape index (κ2) is 15.1. The molecule has 16 heteroatoms. The van der Waals surface area contributed by atoms with Gasteiger partial charge >= 0.3 is 0 Å². The van der Waals surface area contributed by atoms with Crippen molar-refractivity contribution in [2.75, 3.05) is 19.7 Å². The summed E-state index contributed by atoms with van der Waals surface area (Å²) < 4.78 is 28.3. The number of carbonyl (C=O) groups excluding carboxylic acids is 1. The Labute approximate surface area is 231 Å². The molecule has 0 aromatic carbocycles. The Bertz CT molecular complexity index is 851. The molecule has 1 amide bonds. The van der Waals surface area contributed by atoms with E-state index in [9.17, 15) is 35.4 Å². The predicted molar refractivity (Wildman–Crippen MR) is 134 cm³/mol. The first-order valence-electron chi connectivity index (χ1n) is 13.2. The number of hydrogen-bond acceptors (Lipinski definition) is 15. The molecule has 40 heavy (non-hydrogen) atoms. The number of amides is 1. The van der Waals surface area contributed by atoms with Gasteiger partial charge in [-0.2, -0.15) is 0 Å². The molecule has 230 valence electrons. The fourth-order valence-corrected chi connectivity index (χ4v) is 4.88. The van der Waals surface area contributed by atoms with Crippen molar-refractivity contribution in [3.05, 3.63) is 0 Å². The standard InChI is InChI=1S/C24H42N4O12/c1-2-3-4-5-15(30)28-8-13-16(31)17(32)18(33)24(37-13)40-21-11(27)6-10(26)20(19(21)34)39-23-12(7-25)36-22(35)14(9-29)38-23/h1,10-14,16-24,29,31-35H,3-9,25-27H2,(H,28,30)/t10-,11?,12?,13?,14?,16-,17?,18?,19?,20-,21-,22-,23+,24-/m1/s1. The van der Waals surface area contributed by atoms with Gasteiger partial charge in [-0.1, -0.05) is 0 Å². The highest BCUT2D eigenvalue weighted by molar-refractivity contribution is 5.75. The van der Waals surface area contributed by atoms with Crippen LogP contribution in [0.15, 0.2) is 0 Å². The molecule has 0 bridgehead atoms. The van der Waals surface area contributed by atoms with Gasteiger partial charge in [0.05, 0.1) is 6.61 Å². The number of nitrogens with two attached hydrogens (primary N) is 3. The molecule has 2 heterocycles. The topological polar surface area (TPSA) is 275 Å². The molecule has 16 nitrogen and oxygen atoms in total. The summed E-state index contributed by atoms with van der Waals surface area (Å²) >= 11 is 0. The Hall–Kier alpha value is -1.53. The van der Waals surface area contributed by atoms with E-state index >= 15 is 0 Å². The Morgan fingerprint density at radius 1 is 0.900 bits per heavy atom. The zero-order valence-corrected chi connectivity index (χ0v) is 22.0. The van der Waals surface area contributed by atoms with E-state index < -0.39 is 92.5 Å². The van der Waals surface area contributed by atoms with Crippen LogP contribution in [0.4, 0.5) is 0 Å². The minimum Gasteiger partial charge on any atom is -0.393 e. The number of nitrogens with one attached hydrogen (secondary N) is 1. The summed E-state index contributed by atoms with van der Waals surface area (Å²) in [5.74, 6) is 2.09. The molecule has 0 aromatic rings. The molecule has 2 saturated heterocycles. The number of unbranched alkanes of at least 4 members (excludes halogenated alkanes) is 1. The molecule has 3 fully saturated rings. The molecule has 13 N–H and O–H groups in total. The van der Waals surface area contributed by atoms with Crippen molar-refractivity contribution in [1.82, 2.24) is 5.32 Å². The third-order valence-electron chi connectivity index (χ3n) is 7.19. The lowest BCUT2D eigenvalue weighted by Gasteiger charge is -2.47. The third kappa shape index (κ3) is 7.85. The maximum atomic E-state index is 12.0. The fourth-order valence-electron chi connectivity index (χ4n) is 4.88. The van der Waals surface area contributed by atoms with E-state index in [4.69, 9.17) is 47.3 Å². The molecule has 7 unspecified atom stereocenters. The first-order valence-corrected chi connectivity index (χ1v) is 13.2. The van der Waals surface area contributed by atoms with Crippen LogP contribution < -0.4 is 22.5 Å². The van der Waals surface area contributed by atoms with E-state index in [2.05, 4.69) is 11.2 Å². The SMILES string of the molecule is C#CCCCC(=O)NCC1O[C@H](O[C@@H]2C(N)C[C@@H](N)[C@@H](O[C@@H]3OC(CO)[C@H](O)OC3CN)C2O)C(O)C(O)[C@@H]1O. The first-order chi connectivity index (χ1) is 19.0. The van der Waals surface area contributed by atoms with Crippen LogP contribution in [0, 0.1) is 12.3 Å². The molecule has 1 saturated carbocycles. The third-order valence-corrected chi connectivity index (χ3v) is 7.19. The number of rotatable bonds is 11. The zero-order valence-electron chi connectivity index (χ0n) is 22.0. The second-order valence-corrected chi connectivity index (χ2v) is 10.2. The van der Waals surface area contributed by atoms with Gasteiger partial charge in [-0.15, -0.1) is 12.3 Å². The smallest absolute Gasteiger partial charge is 0.220 e. The van der Waals surface area contributed by atoms with Gasteiger partial charge in [-0.25, -0.2) is 0 Å². The molecule has 14 atom stereocenters. The quantitative estimate of drug-likeness (QED) is 0.0808. The van der Waals surface area contributed by atoms with Crippen molar-refractivity contribution in [3.8, 4) is 12.3 Å². The minimum atomic E-state index is -1.73. The summed E-state index contributed by atoms with van der Waals surface area (Å²) in [6.45, 7) is -0.902. The highest BCUT2D eigenvalue weighted by atomic mass is 16.8. The van der Waals surface area contributed by atoms with Crippen LogP contribution in [0.1, 0.15) is 25.7 Å². The van der Waals surface area contributed by atoms with Crippen LogP contribution in [0.5, 0.6) is 0 Å². The molecule has 0 aromatic heterocycles. The largest absolute Gasteiger partial charge is 0.393 e. The maximum absolute atomic E-state index is 12.0. The van der Waals surface area contributed by atoms with Gasteiger partial charge < -0.3 is 76.8 Å². The van der Waals surface area contributed by atoms with Gasteiger partial charge in [0.15, 0.2) is 18.9 Å². The predicted octanol–water partition coefficient (Wildman–Crippen LogP) is -5.72. The molecule has 0 spiro atoms. The van der Waals surface area contributed by atoms with Gasteiger partial charge in [-0.05, 0) is 12.8 Å². The van der Waals surface area contributed by atoms with E-state index in [-0.39, 0.29) is 31.8 Å². The summed E-state index contributed by atoms with van der Waals surface area (Å²) in [6.07, 6.45) is -10.0. The van der Waals surface area contributed by atoms with Crippen LogP contribution in [0.25, 0.3) is 0 Å². The van der Waals surface area contributed by atoms with Gasteiger partial charge in [-0.3, -0.25) is 4.79 Å². The van der Waals surface area contributed by atoms with E-state index in [1.807, 2.05) is 0 Å². The lowest BCUT2D eigenvalue weighted by Crippen LogP contribution is -2.67. The van der Waals surface area contributed by atoms with Crippen LogP contribution >= 0.6 is 0 Å². The van der Waals surface area contributed by atoms with Gasteiger partial charge in [0.2, 0.25) is 5.91 Å². The maximum Gasteiger partial charge on any atom is 0.220 e. The van der Waals surface area contributed by atoms with Gasteiger partial charge in [0.25, 0.3) is 0 Å². The van der Waals surface area contributed by atoms with Crippen LogP contribution in [0.3, 0.4) is 0 Å². The molecular weight excluding hydrogens is 536 g/mol. The number of carbonyl (C=O) groups is 1. The van der Waals surface area contributed by atoms with Crippen molar-refractivity contribution in [1.29, 1.82) is 0 Å². The van der Waals surface area contributed by atoms with Crippen LogP contribution in [-0.2, 0) is 28.5 Å². The van der Waals surface area contributed by atoms with Crippen molar-refractivity contribution in [3.63, 3.8) is 0 Å². The molecule has 1 aliphatic carbocycles. The highest BCUT2D eigenvalue weighted by Crippen LogP contribution is 2.31. The average Bonchev–Trinajstić information content (AvgIpc) is 2.93. The van der Waals surface area contributed by atoms with Gasteiger partial charge in [0.1, 0.15) is 54.9 Å². The number of terminal acetylenes is 1. The monoisotopic (exact) mass is 578 g/mol. The molecular formula is C24H42N4O12. The summed E-state index contributed by atoms with van der Waals surface area (Å²) in [5.41, 5.74) is 18.1. The van der Waals surface area contributed by atoms with E-state index in [1.54, 1.807) is 0 Å². The van der Waals surface area contributed by atoms with E-state index in [0.717, 1.165) is 0 Å². The first kappa shape index (κ1) is 33.0. The lowest BCUT2D eigenvalue weighted by molar-refractivity contribution is -0.362. The van der Waals surface area contributed by atoms with Crippen molar-refractivity contribution in [2.45, 2.75) is 112 Å². The van der Waals surface area contributed by atoms with Crippen molar-refractivity contribution < 1.29 is 59.1 Å². The summed E-state index contributed by atoms with van der Waals surface area (Å²) in [7, 11) is 0. The van der Waals surface area contributed by atoms with Gasteiger partial charge in [0, 0.05) is 38.0 Å². The Kier molecular flexibility index (Phi) is 12.4. The minimum absolute atomic E-state index is 0.0878. The fraction of sp³-hybridized carbons (Fsp3) is 0.875. The Balaban J connectivity index is 1.66. The average molecular weight is 579 g/mol. The normalized spacial score (nSPS) is 44.1. The number of hydrogen-bond donors (Lipinski definition) is 10. The molecule has 0 radical (unpaired) electrons. The number of ether oxygens (including phenoxy) is 5. The molecule has 3 rings (SSSR count). The Morgan fingerprint density at radius 2 is 1.52 bits per heavy atom. The number of aliphatic hydroxyl groups excluding tert-OH is 6. The molecule has 3 aliphatic rings. The van der Waals surface area contributed by atoms with Crippen LogP contribution in [-0.4, -0.2) is 142 Å². The summed E-state index contributed by atoms with van der Waals surface area (Å²) in [4.78, 5) is 12.0. The second-order valence-electron chi connectivity index (χ2n) is 10.2. The molecule has 2 aliphatic heterocycles. The Morgan fingerprint density at radius 3 is 2.12 bits per heavy atom. The lowest BCUT2D eigenvalue weighted by atomic mass is 9.84. The van der Waals surface area contributed by atoms with E-state index in [0.29, 0.717) is 12.8 Å². The van der Waals surface area contributed by atoms with Crippen LogP contribution in [0.2, 0.25) is 0 Å². The van der Waals surface area contributed by atoms with Crippen molar-refractivity contribution in [2.24, 2.45) is 17.2 Å². The van der Waals surface area contributed by atoms with E-state index in [1.165, 1.54) is 0 Å². The summed E-state index contributed by atoms with van der Waals surface area (Å²) in [6, 6.07) is -1.67. The van der Waals surface area contributed by atoms with Crippen molar-refractivity contribution >= 4 is 5.91 Å². The number of aliphatic hydroxyl groups is 6. The zero-order chi connectivity index (χ0) is 29.6. The highest BCUT2D eigenvalue weighted by Gasteiger charge is 2.51.